The Morgan fingerprint density at radius 1 is 1.18 bits per heavy atom. The zero-order valence-corrected chi connectivity index (χ0v) is 19.2. The lowest BCUT2D eigenvalue weighted by atomic mass is 9.98. The molecule has 2 aromatic heterocycles. The first-order valence-corrected chi connectivity index (χ1v) is 11.1. The summed E-state index contributed by atoms with van der Waals surface area (Å²) in [6, 6.07) is 11.2. The van der Waals surface area contributed by atoms with E-state index in [0.717, 1.165) is 17.7 Å². The number of fused-ring (bicyclic) bond motifs is 1. The number of piperazine rings is 1. The van der Waals surface area contributed by atoms with E-state index in [9.17, 15) is 18.8 Å². The fourth-order valence-corrected chi connectivity index (χ4v) is 4.80. The Hall–Kier alpha value is -3.31. The molecular weight excluding hydrogens is 424 g/mol. The molecule has 6 nitrogen and oxygen atoms in total. The average molecular weight is 452 g/mol. The van der Waals surface area contributed by atoms with Gasteiger partial charge in [0.05, 0.1) is 11.2 Å². The Morgan fingerprint density at radius 3 is 2.61 bits per heavy atom. The van der Waals surface area contributed by atoms with E-state index in [1.165, 1.54) is 16.7 Å². The lowest BCUT2D eigenvalue weighted by Gasteiger charge is -2.48. The number of anilines is 1. The molecule has 3 aromatic rings. The topological polar surface area (TPSA) is 65.2 Å². The Morgan fingerprint density at radius 2 is 1.94 bits per heavy atom. The van der Waals surface area contributed by atoms with Gasteiger partial charge in [0.1, 0.15) is 17.3 Å². The molecule has 33 heavy (non-hydrogen) atoms. The van der Waals surface area contributed by atoms with Crippen molar-refractivity contribution < 1.29 is 8.78 Å². The highest BCUT2D eigenvalue weighted by molar-refractivity contribution is 5.89. The predicted molar refractivity (Wildman–Crippen MR) is 124 cm³/mol. The van der Waals surface area contributed by atoms with Crippen LogP contribution >= 0.6 is 0 Å². The van der Waals surface area contributed by atoms with E-state index in [2.05, 4.69) is 34.7 Å². The minimum Gasteiger partial charge on any atom is -0.364 e. The molecule has 1 fully saturated rings. The van der Waals surface area contributed by atoms with Crippen LogP contribution in [0.3, 0.4) is 0 Å². The van der Waals surface area contributed by atoms with Crippen LogP contribution in [0.2, 0.25) is 0 Å². The maximum absolute atomic E-state index is 13.9. The molecule has 0 saturated carbocycles. The van der Waals surface area contributed by atoms with Gasteiger partial charge >= 0.3 is 0 Å². The molecule has 0 radical (unpaired) electrons. The summed E-state index contributed by atoms with van der Waals surface area (Å²) in [5.41, 5.74) is 2.91. The van der Waals surface area contributed by atoms with Gasteiger partial charge in [0.25, 0.3) is 5.56 Å². The summed E-state index contributed by atoms with van der Waals surface area (Å²) in [5.74, 6) is -1.69. The molecule has 0 aliphatic carbocycles. The molecule has 1 aromatic carbocycles. The van der Waals surface area contributed by atoms with Gasteiger partial charge in [0.2, 0.25) is 0 Å². The van der Waals surface area contributed by atoms with Gasteiger partial charge in [-0.2, -0.15) is 5.26 Å². The summed E-state index contributed by atoms with van der Waals surface area (Å²) in [5, 5.41) is 9.34. The zero-order chi connectivity index (χ0) is 23.9. The lowest BCUT2D eigenvalue weighted by Crippen LogP contribution is -2.58. The van der Waals surface area contributed by atoms with Crippen molar-refractivity contribution in [2.75, 3.05) is 18.0 Å². The minimum absolute atomic E-state index is 0.0309. The van der Waals surface area contributed by atoms with Crippen molar-refractivity contribution in [3.63, 3.8) is 0 Å². The van der Waals surface area contributed by atoms with Crippen molar-refractivity contribution in [2.24, 2.45) is 7.05 Å². The van der Waals surface area contributed by atoms with Crippen molar-refractivity contribution in [3.8, 4) is 6.07 Å². The molecule has 0 spiro atoms. The Bertz CT molecular complexity index is 1300. The highest BCUT2D eigenvalue weighted by Crippen LogP contribution is 2.33. The largest absolute Gasteiger partial charge is 0.364 e. The van der Waals surface area contributed by atoms with Crippen LogP contribution < -0.4 is 10.5 Å². The Balaban J connectivity index is 1.72. The molecule has 1 aliphatic heterocycles. The molecule has 3 heterocycles. The zero-order valence-electron chi connectivity index (χ0n) is 19.2. The third-order valence-electron chi connectivity index (χ3n) is 6.77. The number of halogens is 2. The molecule has 1 saturated heterocycles. The highest BCUT2D eigenvalue weighted by Gasteiger charge is 2.35. The Kier molecular flexibility index (Phi) is 6.17. The average Bonchev–Trinajstić information content (AvgIpc) is 2.82. The molecule has 1 aliphatic rings. The van der Waals surface area contributed by atoms with E-state index in [-0.39, 0.29) is 23.7 Å². The third-order valence-corrected chi connectivity index (χ3v) is 6.77. The summed E-state index contributed by atoms with van der Waals surface area (Å²) in [6.07, 6.45) is 0.844. The van der Waals surface area contributed by atoms with Crippen LogP contribution in [0.4, 0.5) is 14.5 Å². The number of hydrogen-bond acceptors (Lipinski definition) is 5. The Labute approximate surface area is 191 Å². The van der Waals surface area contributed by atoms with Gasteiger partial charge in [-0.15, -0.1) is 0 Å². The molecule has 0 N–H and O–H groups in total. The van der Waals surface area contributed by atoms with Gasteiger partial charge in [0.15, 0.2) is 11.6 Å². The summed E-state index contributed by atoms with van der Waals surface area (Å²) >= 11 is 0. The molecule has 0 amide bonds. The van der Waals surface area contributed by atoms with Crippen molar-refractivity contribution >= 4 is 16.7 Å². The number of nitriles is 1. The van der Waals surface area contributed by atoms with E-state index < -0.39 is 11.6 Å². The number of aryl methyl sites for hydroxylation is 1. The number of aromatic nitrogens is 2. The minimum atomic E-state index is -0.849. The van der Waals surface area contributed by atoms with Gasteiger partial charge in [-0.05, 0) is 50.1 Å². The van der Waals surface area contributed by atoms with E-state index in [1.807, 2.05) is 6.92 Å². The van der Waals surface area contributed by atoms with Gasteiger partial charge in [-0.1, -0.05) is 13.0 Å². The van der Waals surface area contributed by atoms with Crippen molar-refractivity contribution in [2.45, 2.75) is 45.3 Å². The summed E-state index contributed by atoms with van der Waals surface area (Å²) in [6.45, 7) is 7.50. The second-order valence-corrected chi connectivity index (χ2v) is 8.71. The van der Waals surface area contributed by atoms with E-state index in [0.29, 0.717) is 29.8 Å². The maximum atomic E-state index is 13.9. The lowest BCUT2D eigenvalue weighted by molar-refractivity contribution is 0.106. The van der Waals surface area contributed by atoms with Crippen molar-refractivity contribution in [1.29, 1.82) is 5.26 Å². The molecular formula is C25H27F2N5O. The number of benzene rings is 1. The van der Waals surface area contributed by atoms with Crippen LogP contribution in [-0.2, 0) is 7.05 Å². The first-order chi connectivity index (χ1) is 15.7. The summed E-state index contributed by atoms with van der Waals surface area (Å²) in [7, 11) is 1.70. The number of hydrogen-bond donors (Lipinski definition) is 0. The monoisotopic (exact) mass is 451 g/mol. The first kappa shape index (κ1) is 22.9. The number of rotatable bonds is 4. The highest BCUT2D eigenvalue weighted by atomic mass is 19.2. The molecule has 2 unspecified atom stereocenters. The van der Waals surface area contributed by atoms with Gasteiger partial charge in [-0.25, -0.2) is 13.8 Å². The first-order valence-electron chi connectivity index (χ1n) is 11.1. The van der Waals surface area contributed by atoms with E-state index in [1.54, 1.807) is 31.3 Å². The smallest absolute Gasteiger partial charge is 0.252 e. The molecule has 8 heteroatoms. The SMILES string of the molecule is CCC1CN(c2cc(=O)n(C)c3ccc(C#N)nc23)[C@@H](C)CN1C(C)c1ccc(F)c(F)c1. The normalized spacial score (nSPS) is 20.1. The molecule has 0 bridgehead atoms. The van der Waals surface area contributed by atoms with Crippen molar-refractivity contribution in [3.05, 3.63) is 69.6 Å². The van der Waals surface area contributed by atoms with Crippen LogP contribution in [-0.4, -0.2) is 39.6 Å². The molecule has 3 atom stereocenters. The maximum Gasteiger partial charge on any atom is 0.252 e. The second-order valence-electron chi connectivity index (χ2n) is 8.71. The van der Waals surface area contributed by atoms with Gasteiger partial charge in [0, 0.05) is 44.3 Å². The van der Waals surface area contributed by atoms with E-state index >= 15 is 0 Å². The van der Waals surface area contributed by atoms with Crippen LogP contribution in [0, 0.1) is 23.0 Å². The predicted octanol–water partition coefficient (Wildman–Crippen LogP) is 4.13. The number of pyridine rings is 2. The van der Waals surface area contributed by atoms with E-state index in [4.69, 9.17) is 0 Å². The fraction of sp³-hybridized carbons (Fsp3) is 0.400. The molecule has 172 valence electrons. The molecule has 4 rings (SSSR count). The quantitative estimate of drug-likeness (QED) is 0.597. The number of nitrogens with zero attached hydrogens (tertiary/aromatic N) is 5. The third kappa shape index (κ3) is 4.09. The van der Waals surface area contributed by atoms with Crippen molar-refractivity contribution in [1.82, 2.24) is 14.5 Å². The second kappa shape index (κ2) is 8.91. The van der Waals surface area contributed by atoms with Crippen LogP contribution in [0.25, 0.3) is 11.0 Å². The van der Waals surface area contributed by atoms with Gasteiger partial charge < -0.3 is 9.47 Å². The van der Waals surface area contributed by atoms with Crippen LogP contribution in [0.5, 0.6) is 0 Å². The standard InChI is InChI=1S/C25H27F2N5O/c1-5-19-14-31(15(2)13-32(19)16(3)17-6-8-20(26)21(27)10-17)23-11-24(33)30(4)22-9-7-18(12-28)29-25(22)23/h6-11,15-16,19H,5,13-14H2,1-4H3/t15-,16?,19?/m0/s1. The van der Waals surface area contributed by atoms with Crippen LogP contribution in [0.15, 0.2) is 41.2 Å². The summed E-state index contributed by atoms with van der Waals surface area (Å²) < 4.78 is 28.8. The van der Waals surface area contributed by atoms with Crippen LogP contribution in [0.1, 0.15) is 44.5 Å². The van der Waals surface area contributed by atoms with Gasteiger partial charge in [-0.3, -0.25) is 9.69 Å². The fourth-order valence-electron chi connectivity index (χ4n) is 4.80. The summed E-state index contributed by atoms with van der Waals surface area (Å²) in [4.78, 5) is 21.7.